The van der Waals surface area contributed by atoms with Gasteiger partial charge in [-0.1, -0.05) is 42.1 Å². The molecule has 0 radical (unpaired) electrons. The fraction of sp³-hybridized carbons (Fsp3) is 0.143. The number of ether oxygens (including phenoxy) is 1. The van der Waals surface area contributed by atoms with Gasteiger partial charge in [-0.3, -0.25) is 15.0 Å². The third-order valence-corrected chi connectivity index (χ3v) is 5.83. The highest BCUT2D eigenvalue weighted by atomic mass is 32.2. The summed E-state index contributed by atoms with van der Waals surface area (Å²) in [6.45, 7) is 1.74. The maximum atomic E-state index is 12.5. The standard InChI is InChI=1S/C21H17N3O5S2/c1-12(25)22-24-19(26)18(31-21(24)30)9-14-8-15-17(29-14)10-16(20(27)28-2)23(15)11-13-6-4-3-5-7-13/h3-10H,11H2,1-2H3,(H,22,25)/b18-9-. The minimum Gasteiger partial charge on any atom is -0.464 e. The molecule has 2 aromatic heterocycles. The second-order valence-corrected chi connectivity index (χ2v) is 8.35. The van der Waals surface area contributed by atoms with Gasteiger partial charge in [0.25, 0.3) is 5.91 Å². The number of hydrogen-bond acceptors (Lipinski definition) is 7. The van der Waals surface area contributed by atoms with E-state index < -0.39 is 17.8 Å². The number of carbonyl (C=O) groups excluding carboxylic acids is 3. The Kier molecular flexibility index (Phi) is 5.66. The van der Waals surface area contributed by atoms with E-state index in [4.69, 9.17) is 21.4 Å². The molecule has 3 aromatic rings. The van der Waals surface area contributed by atoms with Crippen molar-refractivity contribution in [3.8, 4) is 0 Å². The van der Waals surface area contributed by atoms with Crippen LogP contribution in [0.25, 0.3) is 17.2 Å². The van der Waals surface area contributed by atoms with Gasteiger partial charge in [0.15, 0.2) is 9.90 Å². The summed E-state index contributed by atoms with van der Waals surface area (Å²) in [4.78, 5) is 36.4. The minimum absolute atomic E-state index is 0.226. The van der Waals surface area contributed by atoms with Crippen molar-refractivity contribution in [1.29, 1.82) is 0 Å². The quantitative estimate of drug-likeness (QED) is 0.358. The summed E-state index contributed by atoms with van der Waals surface area (Å²) in [6.07, 6.45) is 1.56. The summed E-state index contributed by atoms with van der Waals surface area (Å²) in [7, 11) is 1.33. The number of hydrazine groups is 1. The van der Waals surface area contributed by atoms with E-state index >= 15 is 0 Å². The number of aromatic nitrogens is 1. The molecule has 1 fully saturated rings. The number of rotatable bonds is 5. The Morgan fingerprint density at radius 1 is 1.26 bits per heavy atom. The molecule has 0 bridgehead atoms. The first-order valence-corrected chi connectivity index (χ1v) is 10.4. The number of amides is 2. The van der Waals surface area contributed by atoms with Crippen molar-refractivity contribution in [2.24, 2.45) is 0 Å². The number of benzene rings is 1. The van der Waals surface area contributed by atoms with Crippen molar-refractivity contribution in [2.45, 2.75) is 13.5 Å². The van der Waals surface area contributed by atoms with Crippen LogP contribution in [-0.2, 0) is 20.9 Å². The van der Waals surface area contributed by atoms with Crippen LogP contribution in [0, 0.1) is 0 Å². The van der Waals surface area contributed by atoms with Gasteiger partial charge in [0.1, 0.15) is 11.5 Å². The summed E-state index contributed by atoms with van der Waals surface area (Å²) >= 11 is 6.22. The number of thioether (sulfide) groups is 1. The molecule has 0 spiro atoms. The van der Waals surface area contributed by atoms with Gasteiger partial charge in [-0.25, -0.2) is 4.79 Å². The number of esters is 1. The normalized spacial score (nSPS) is 15.2. The summed E-state index contributed by atoms with van der Waals surface area (Å²) in [5.41, 5.74) is 4.94. The van der Waals surface area contributed by atoms with Crippen LogP contribution >= 0.6 is 24.0 Å². The van der Waals surface area contributed by atoms with Crippen LogP contribution in [-0.4, -0.2) is 38.8 Å². The van der Waals surface area contributed by atoms with Gasteiger partial charge >= 0.3 is 5.97 Å². The Balaban J connectivity index is 1.71. The number of nitrogens with zero attached hydrogens (tertiary/aromatic N) is 2. The number of fused-ring (bicyclic) bond motifs is 1. The molecule has 0 unspecified atom stereocenters. The largest absolute Gasteiger partial charge is 0.464 e. The summed E-state index contributed by atoms with van der Waals surface area (Å²) in [5.74, 6) is -0.883. The number of methoxy groups -OCH3 is 1. The van der Waals surface area contributed by atoms with Gasteiger partial charge in [-0.15, -0.1) is 0 Å². The highest BCUT2D eigenvalue weighted by Gasteiger charge is 2.33. The maximum Gasteiger partial charge on any atom is 0.354 e. The van der Waals surface area contributed by atoms with Gasteiger partial charge in [-0.05, 0) is 17.8 Å². The Labute approximate surface area is 186 Å². The van der Waals surface area contributed by atoms with E-state index in [-0.39, 0.29) is 4.32 Å². The van der Waals surface area contributed by atoms with E-state index in [0.29, 0.717) is 34.0 Å². The van der Waals surface area contributed by atoms with Crippen molar-refractivity contribution < 1.29 is 23.5 Å². The van der Waals surface area contributed by atoms with Crippen LogP contribution in [0.1, 0.15) is 28.7 Å². The van der Waals surface area contributed by atoms with Crippen molar-refractivity contribution in [2.75, 3.05) is 7.11 Å². The molecule has 158 valence electrons. The van der Waals surface area contributed by atoms with E-state index in [9.17, 15) is 14.4 Å². The third-order valence-electron chi connectivity index (χ3n) is 4.52. The van der Waals surface area contributed by atoms with Crippen LogP contribution in [0.4, 0.5) is 0 Å². The van der Waals surface area contributed by atoms with Gasteiger partial charge in [0.2, 0.25) is 5.91 Å². The number of hydrogen-bond donors (Lipinski definition) is 1. The summed E-state index contributed by atoms with van der Waals surface area (Å²) in [5, 5.41) is 1.03. The smallest absolute Gasteiger partial charge is 0.354 e. The average Bonchev–Trinajstić information content (AvgIpc) is 3.36. The molecule has 0 atom stereocenters. The fourth-order valence-corrected chi connectivity index (χ4v) is 4.35. The van der Waals surface area contributed by atoms with E-state index in [1.165, 1.54) is 14.0 Å². The first kappa shape index (κ1) is 20.9. The third kappa shape index (κ3) is 4.12. The lowest BCUT2D eigenvalue weighted by Gasteiger charge is -2.13. The summed E-state index contributed by atoms with van der Waals surface area (Å²) < 4.78 is 12.8. The number of carbonyl (C=O) groups is 3. The molecule has 0 aliphatic carbocycles. The van der Waals surface area contributed by atoms with Crippen molar-refractivity contribution in [1.82, 2.24) is 15.0 Å². The van der Waals surface area contributed by atoms with Crippen molar-refractivity contribution in [3.63, 3.8) is 0 Å². The molecule has 1 saturated heterocycles. The molecule has 1 aromatic carbocycles. The van der Waals surface area contributed by atoms with Gasteiger partial charge in [-0.2, -0.15) is 5.01 Å². The molecule has 31 heavy (non-hydrogen) atoms. The van der Waals surface area contributed by atoms with Crippen molar-refractivity contribution >= 4 is 63.3 Å². The first-order chi connectivity index (χ1) is 14.9. The fourth-order valence-electron chi connectivity index (χ4n) is 3.19. The van der Waals surface area contributed by atoms with E-state index in [0.717, 1.165) is 22.3 Å². The van der Waals surface area contributed by atoms with E-state index in [2.05, 4.69) is 5.43 Å². The summed E-state index contributed by atoms with van der Waals surface area (Å²) in [6, 6.07) is 13.0. The van der Waals surface area contributed by atoms with E-state index in [1.54, 1.807) is 22.8 Å². The lowest BCUT2D eigenvalue weighted by atomic mass is 10.2. The van der Waals surface area contributed by atoms with Crippen LogP contribution in [0.5, 0.6) is 0 Å². The van der Waals surface area contributed by atoms with Gasteiger partial charge in [0.05, 0.1) is 17.5 Å². The molecule has 1 aliphatic rings. The second kappa shape index (κ2) is 8.40. The lowest BCUT2D eigenvalue weighted by molar-refractivity contribution is -0.131. The zero-order valence-corrected chi connectivity index (χ0v) is 18.2. The predicted octanol–water partition coefficient (Wildman–Crippen LogP) is 3.32. The Bertz CT molecular complexity index is 1240. The average molecular weight is 456 g/mol. The highest BCUT2D eigenvalue weighted by molar-refractivity contribution is 8.26. The van der Waals surface area contributed by atoms with Crippen LogP contribution in [0.15, 0.2) is 51.8 Å². The second-order valence-electron chi connectivity index (χ2n) is 6.68. The molecule has 3 heterocycles. The molecular formula is C21H17N3O5S2. The number of thiocarbonyl (C=S) groups is 1. The highest BCUT2D eigenvalue weighted by Crippen LogP contribution is 2.33. The first-order valence-electron chi connectivity index (χ1n) is 9.18. The molecule has 8 nitrogen and oxygen atoms in total. The number of furan rings is 1. The molecule has 4 rings (SSSR count). The molecular weight excluding hydrogens is 438 g/mol. The SMILES string of the molecule is COC(=O)c1cc2oc(/C=C3\SC(=S)N(NC(C)=O)C3=O)cc2n1Cc1ccccc1. The Hall–Kier alpha value is -3.37. The van der Waals surface area contributed by atoms with E-state index in [1.807, 2.05) is 30.3 Å². The van der Waals surface area contributed by atoms with Crippen LogP contribution in [0.3, 0.4) is 0 Å². The molecule has 2 amide bonds. The predicted molar refractivity (Wildman–Crippen MR) is 120 cm³/mol. The zero-order chi connectivity index (χ0) is 22.1. The molecule has 0 saturated carbocycles. The number of nitrogens with one attached hydrogen (secondary N) is 1. The maximum absolute atomic E-state index is 12.5. The minimum atomic E-state index is -0.472. The Morgan fingerprint density at radius 3 is 2.68 bits per heavy atom. The van der Waals surface area contributed by atoms with Crippen molar-refractivity contribution in [3.05, 3.63) is 64.4 Å². The zero-order valence-electron chi connectivity index (χ0n) is 16.6. The lowest BCUT2D eigenvalue weighted by Crippen LogP contribution is -2.43. The van der Waals surface area contributed by atoms with Gasteiger partial charge < -0.3 is 13.7 Å². The molecule has 1 aliphatic heterocycles. The van der Waals surface area contributed by atoms with Gasteiger partial charge in [0, 0.05) is 31.7 Å². The molecule has 1 N–H and O–H groups in total. The Morgan fingerprint density at radius 2 is 2.00 bits per heavy atom. The molecule has 10 heteroatoms. The van der Waals surface area contributed by atoms with Crippen LogP contribution < -0.4 is 5.43 Å². The monoisotopic (exact) mass is 455 g/mol. The van der Waals surface area contributed by atoms with Crippen LogP contribution in [0.2, 0.25) is 0 Å². The topological polar surface area (TPSA) is 93.8 Å².